The van der Waals surface area contributed by atoms with Crippen molar-refractivity contribution in [3.05, 3.63) is 413 Å². The van der Waals surface area contributed by atoms with Gasteiger partial charge in [-0.25, -0.2) is 0 Å². The lowest BCUT2D eigenvalue weighted by Gasteiger charge is -2.28. The Kier molecular flexibility index (Phi) is 15.3. The molecule has 0 atom stereocenters. The van der Waals surface area contributed by atoms with Gasteiger partial charge in [-0.3, -0.25) is 19.9 Å². The monoisotopic (exact) mass is 1500 g/mol. The minimum absolute atomic E-state index is 0.852. The quantitative estimate of drug-likeness (QED) is 0.107. The number of hydrogen-bond acceptors (Lipinski definition) is 6. The van der Waals surface area contributed by atoms with Gasteiger partial charge in [0.25, 0.3) is 0 Å². The summed E-state index contributed by atoms with van der Waals surface area (Å²) in [6.45, 7) is 0. The fourth-order valence-corrected chi connectivity index (χ4v) is 19.7. The molecule has 4 aromatic heterocycles. The van der Waals surface area contributed by atoms with E-state index in [-0.39, 0.29) is 0 Å². The van der Waals surface area contributed by atoms with Gasteiger partial charge in [0.15, 0.2) is 0 Å². The highest BCUT2D eigenvalue weighted by molar-refractivity contribution is 6.31. The summed E-state index contributed by atoms with van der Waals surface area (Å²) >= 11 is 0. The molecule has 2 aliphatic carbocycles. The fourth-order valence-electron chi connectivity index (χ4n) is 19.7. The van der Waals surface area contributed by atoms with E-state index in [1.165, 1.54) is 132 Å². The molecule has 0 saturated heterocycles. The van der Waals surface area contributed by atoms with E-state index in [0.29, 0.717) is 0 Å². The van der Waals surface area contributed by atoms with Crippen LogP contribution in [0.15, 0.2) is 413 Å². The predicted molar refractivity (Wildman–Crippen MR) is 494 cm³/mol. The van der Waals surface area contributed by atoms with Crippen LogP contribution in [0.5, 0.6) is 0 Å². The first-order valence-electron chi connectivity index (χ1n) is 40.4. The molecule has 0 spiro atoms. The number of aromatic nitrogens is 4. The maximum Gasteiger partial charge on any atom is 0.0985 e. The molecule has 18 aromatic carbocycles. The second kappa shape index (κ2) is 27.0. The van der Waals surface area contributed by atoms with Gasteiger partial charge in [0, 0.05) is 68.8 Å². The van der Waals surface area contributed by atoms with Gasteiger partial charge in [-0.15, -0.1) is 0 Å². The molecule has 0 amide bonds. The summed E-state index contributed by atoms with van der Waals surface area (Å²) in [7, 11) is 0. The third-order valence-corrected chi connectivity index (χ3v) is 24.6. The van der Waals surface area contributed by atoms with Gasteiger partial charge in [-0.2, -0.15) is 0 Å². The third kappa shape index (κ3) is 10.4. The minimum atomic E-state index is 0.852. The molecular weight excluding hydrogens is 1430 g/mol. The van der Waals surface area contributed by atoms with Crippen LogP contribution in [-0.2, 0) is 0 Å². The predicted octanol–water partition coefficient (Wildman–Crippen LogP) is 30.4. The highest BCUT2D eigenvalue weighted by Crippen LogP contribution is 2.62. The first-order chi connectivity index (χ1) is 58.6. The Hall–Kier alpha value is -15.8. The lowest BCUT2D eigenvalue weighted by molar-refractivity contribution is 1.24. The molecule has 4 heterocycles. The van der Waals surface area contributed by atoms with E-state index in [0.717, 1.165) is 111 Å². The van der Waals surface area contributed by atoms with Gasteiger partial charge in [-0.1, -0.05) is 291 Å². The molecule has 546 valence electrons. The first kappa shape index (κ1) is 66.8. The second-order valence-electron chi connectivity index (χ2n) is 31.0. The summed E-state index contributed by atoms with van der Waals surface area (Å²) in [5, 5.41) is 15.1. The molecule has 0 aliphatic heterocycles. The molecule has 6 nitrogen and oxygen atoms in total. The number of anilines is 6. The lowest BCUT2D eigenvalue weighted by Crippen LogP contribution is -2.11. The van der Waals surface area contributed by atoms with Gasteiger partial charge in [0.05, 0.1) is 39.8 Å². The summed E-state index contributed by atoms with van der Waals surface area (Å²) in [5.74, 6) is 0. The van der Waals surface area contributed by atoms with Crippen LogP contribution in [0.1, 0.15) is 0 Å². The highest BCUT2D eigenvalue weighted by atomic mass is 15.2. The van der Waals surface area contributed by atoms with Crippen molar-refractivity contribution in [1.82, 2.24) is 19.9 Å². The third-order valence-electron chi connectivity index (χ3n) is 24.6. The maximum atomic E-state index is 5.01. The van der Waals surface area contributed by atoms with Crippen molar-refractivity contribution in [2.75, 3.05) is 9.80 Å². The Morgan fingerprint density at radius 3 is 1.09 bits per heavy atom. The molecule has 0 unspecified atom stereocenters. The van der Waals surface area contributed by atoms with Crippen LogP contribution in [0.4, 0.5) is 34.1 Å². The average Bonchev–Trinajstić information content (AvgIpc) is 1.53. The topological polar surface area (TPSA) is 58.0 Å². The molecule has 0 radical (unpaired) electrons. The summed E-state index contributed by atoms with van der Waals surface area (Å²) in [6, 6.07) is 141. The number of pyridine rings is 4. The number of hydrogen-bond donors (Lipinski definition) is 0. The van der Waals surface area contributed by atoms with Crippen LogP contribution < -0.4 is 9.80 Å². The SMILES string of the molecule is c1ccc(-c2c3c(c(-c4ccccc4)c4ccccc24)-c2ccc(-c4cccc(N(c5ccc(-c6ccc7c(-c8ccccc8)c8c(c(-c9ccccc9)c7c6)-c6cccc7c(-c9cccc(N(c%10cccnc%10)c%10cc%11cccnc%11c%11ncccc%10%11)c9)ccc-8c67)cc5)c5cc6cccnc6c6ccccc56)c4)c4cccc-3c24)cc1. The molecule has 118 heavy (non-hydrogen) atoms. The maximum absolute atomic E-state index is 5.01. The summed E-state index contributed by atoms with van der Waals surface area (Å²) < 4.78 is 0. The normalized spacial score (nSPS) is 11.9. The van der Waals surface area contributed by atoms with Crippen LogP contribution in [0.25, 0.3) is 209 Å². The first-order valence-corrected chi connectivity index (χ1v) is 40.4. The van der Waals surface area contributed by atoms with Gasteiger partial charge in [0.2, 0.25) is 0 Å². The lowest BCUT2D eigenvalue weighted by atomic mass is 9.82. The van der Waals surface area contributed by atoms with E-state index in [2.05, 4.69) is 373 Å². The second-order valence-corrected chi connectivity index (χ2v) is 31.0. The molecule has 0 saturated carbocycles. The van der Waals surface area contributed by atoms with E-state index in [1.807, 2.05) is 55.2 Å². The summed E-state index contributed by atoms with van der Waals surface area (Å²) in [6.07, 6.45) is 9.38. The van der Waals surface area contributed by atoms with Crippen LogP contribution in [0.3, 0.4) is 0 Å². The zero-order chi connectivity index (χ0) is 77.5. The van der Waals surface area contributed by atoms with E-state index < -0.39 is 0 Å². The Balaban J connectivity index is 0.657. The summed E-state index contributed by atoms with van der Waals surface area (Å²) in [4.78, 5) is 24.2. The van der Waals surface area contributed by atoms with Gasteiger partial charge >= 0.3 is 0 Å². The highest BCUT2D eigenvalue weighted by Gasteiger charge is 2.35. The van der Waals surface area contributed by atoms with Crippen molar-refractivity contribution in [3.8, 4) is 122 Å². The van der Waals surface area contributed by atoms with E-state index in [1.54, 1.807) is 0 Å². The molecule has 0 N–H and O–H groups in total. The van der Waals surface area contributed by atoms with Gasteiger partial charge in [0.1, 0.15) is 0 Å². The van der Waals surface area contributed by atoms with Gasteiger partial charge < -0.3 is 9.80 Å². The Labute approximate surface area is 681 Å². The van der Waals surface area contributed by atoms with E-state index in [9.17, 15) is 0 Å². The Morgan fingerprint density at radius 2 is 0.559 bits per heavy atom. The van der Waals surface area contributed by atoms with E-state index in [4.69, 9.17) is 15.0 Å². The van der Waals surface area contributed by atoms with Crippen LogP contribution in [0, 0.1) is 0 Å². The fraction of sp³-hybridized carbons (Fsp3) is 0. The van der Waals surface area contributed by atoms with Crippen molar-refractivity contribution in [1.29, 1.82) is 0 Å². The van der Waals surface area contributed by atoms with Crippen molar-refractivity contribution in [2.45, 2.75) is 0 Å². The van der Waals surface area contributed by atoms with Crippen molar-refractivity contribution in [3.63, 3.8) is 0 Å². The molecule has 0 fully saturated rings. The smallest absolute Gasteiger partial charge is 0.0985 e. The number of fused-ring (bicyclic) bond motifs is 14. The minimum Gasteiger partial charge on any atom is -0.310 e. The van der Waals surface area contributed by atoms with Crippen LogP contribution in [-0.4, -0.2) is 19.9 Å². The number of rotatable bonds is 13. The standard InChI is InChI=1S/C112H68N6/c1-5-25-70(26-6-1)100-88-41-14-15-42-89(88)101(71-27-7-2-8-28-71)108-95-57-55-83(86-44-19-46-93(104(86)95)106(100)108)75-33-17-37-80(63-75)117(98-66-77-35-21-60-114-110(77)91-43-16-13-40-85(91)98)79-52-49-69(50-53-79)74-51-54-90-97(65-74)103(73-31-11-4-12-32-73)107-94-47-20-45-87-84(56-58-96(105(87)94)109(107)102(90)72-29-9-3-10-30-72)76-34-18-38-81(64-76)118(82-39-23-59-113-68-82)99-67-78-36-22-61-115-111(78)112-92(99)48-24-62-116-112/h1-68H. The largest absolute Gasteiger partial charge is 0.310 e. The number of benzene rings is 18. The van der Waals surface area contributed by atoms with Crippen molar-refractivity contribution >= 4 is 121 Å². The van der Waals surface area contributed by atoms with E-state index >= 15 is 0 Å². The molecule has 6 heteroatoms. The molecule has 24 rings (SSSR count). The van der Waals surface area contributed by atoms with Crippen molar-refractivity contribution in [2.24, 2.45) is 0 Å². The number of nitrogens with zero attached hydrogens (tertiary/aromatic N) is 6. The zero-order valence-electron chi connectivity index (χ0n) is 63.9. The molecule has 22 aromatic rings. The summed E-state index contributed by atoms with van der Waals surface area (Å²) in [5.41, 5.74) is 35.3. The zero-order valence-corrected chi connectivity index (χ0v) is 63.9. The van der Waals surface area contributed by atoms with Crippen LogP contribution in [0.2, 0.25) is 0 Å². The Morgan fingerprint density at radius 1 is 0.178 bits per heavy atom. The van der Waals surface area contributed by atoms with Crippen LogP contribution >= 0.6 is 0 Å². The van der Waals surface area contributed by atoms with Crippen molar-refractivity contribution < 1.29 is 0 Å². The molecular formula is C112H68N6. The van der Waals surface area contributed by atoms with Gasteiger partial charge in [-0.05, 0) is 256 Å². The average molecular weight is 1500 g/mol. The molecule has 0 bridgehead atoms. The molecule has 2 aliphatic rings. The Bertz CT molecular complexity index is 7810.